The van der Waals surface area contributed by atoms with E-state index in [4.69, 9.17) is 0 Å². The lowest BCUT2D eigenvalue weighted by Crippen LogP contribution is -2.41. The van der Waals surface area contributed by atoms with Gasteiger partial charge in [-0.3, -0.25) is 9.59 Å². The van der Waals surface area contributed by atoms with Crippen LogP contribution in [0.5, 0.6) is 0 Å². The summed E-state index contributed by atoms with van der Waals surface area (Å²) in [6, 6.07) is 9.01. The lowest BCUT2D eigenvalue weighted by Gasteiger charge is -2.31. The number of halogens is 2. The van der Waals surface area contributed by atoms with Crippen LogP contribution in [-0.4, -0.2) is 23.3 Å². The van der Waals surface area contributed by atoms with E-state index < -0.39 is 17.7 Å². The molecular weight excluding hydrogens is 326 g/mol. The number of carbonyl (C=O) groups is 2. The summed E-state index contributed by atoms with van der Waals surface area (Å²) in [5.41, 5.74) is 1.52. The molecule has 0 saturated carbocycles. The molecule has 25 heavy (non-hydrogen) atoms. The van der Waals surface area contributed by atoms with Crippen molar-refractivity contribution in [1.29, 1.82) is 0 Å². The average Bonchev–Trinajstić information content (AvgIpc) is 2.70. The number of rotatable bonds is 2. The predicted molar refractivity (Wildman–Crippen MR) is 89.8 cm³/mol. The Morgan fingerprint density at radius 1 is 1.12 bits per heavy atom. The van der Waals surface area contributed by atoms with Crippen LogP contribution in [0.15, 0.2) is 42.5 Å². The van der Waals surface area contributed by atoms with Gasteiger partial charge in [0.15, 0.2) is 0 Å². The van der Waals surface area contributed by atoms with Crippen molar-refractivity contribution in [3.8, 4) is 0 Å². The fourth-order valence-electron chi connectivity index (χ4n) is 3.02. The van der Waals surface area contributed by atoms with Crippen LogP contribution in [0, 0.1) is 17.6 Å². The molecule has 1 atom stereocenters. The van der Waals surface area contributed by atoms with Crippen molar-refractivity contribution < 1.29 is 18.4 Å². The molecule has 4 nitrogen and oxygen atoms in total. The first kappa shape index (κ1) is 17.1. The lowest BCUT2D eigenvalue weighted by molar-refractivity contribution is -0.139. The highest BCUT2D eigenvalue weighted by Crippen LogP contribution is 2.36. The number of nitrogens with zero attached hydrogens (tertiary/aromatic N) is 1. The second-order valence-corrected chi connectivity index (χ2v) is 6.35. The van der Waals surface area contributed by atoms with E-state index in [1.165, 1.54) is 35.2 Å². The molecule has 1 N–H and O–H groups in total. The Bertz CT molecular complexity index is 819. The minimum Gasteiger partial charge on any atom is -0.324 e. The summed E-state index contributed by atoms with van der Waals surface area (Å²) in [7, 11) is 0. The highest BCUT2D eigenvalue weighted by molar-refractivity contribution is 5.97. The molecule has 2 aromatic carbocycles. The quantitative estimate of drug-likeness (QED) is 0.907. The zero-order valence-electron chi connectivity index (χ0n) is 13.9. The first-order valence-corrected chi connectivity index (χ1v) is 8.02. The normalized spacial score (nSPS) is 17.1. The Labute approximate surface area is 144 Å². The molecule has 3 rings (SSSR count). The summed E-state index contributed by atoms with van der Waals surface area (Å²) < 4.78 is 27.2. The monoisotopic (exact) mass is 344 g/mol. The molecule has 130 valence electrons. The van der Waals surface area contributed by atoms with Gasteiger partial charge in [-0.15, -0.1) is 0 Å². The van der Waals surface area contributed by atoms with Crippen molar-refractivity contribution in [1.82, 2.24) is 4.90 Å². The van der Waals surface area contributed by atoms with Crippen LogP contribution in [0.25, 0.3) is 0 Å². The number of benzene rings is 2. The van der Waals surface area contributed by atoms with Gasteiger partial charge < -0.3 is 10.2 Å². The molecule has 0 aromatic heterocycles. The van der Waals surface area contributed by atoms with Crippen molar-refractivity contribution in [3.63, 3.8) is 0 Å². The molecule has 0 spiro atoms. The minimum absolute atomic E-state index is 0.157. The maximum atomic E-state index is 13.9. The molecule has 2 amide bonds. The van der Waals surface area contributed by atoms with Crippen molar-refractivity contribution in [2.75, 3.05) is 11.9 Å². The van der Waals surface area contributed by atoms with E-state index in [1.54, 1.807) is 26.0 Å². The molecule has 0 fully saturated rings. The molecule has 1 aliphatic heterocycles. The number of fused-ring (bicyclic) bond motifs is 1. The van der Waals surface area contributed by atoms with Crippen LogP contribution in [0.2, 0.25) is 0 Å². The number of carbonyl (C=O) groups excluding carboxylic acids is 2. The number of hydrogen-bond acceptors (Lipinski definition) is 2. The van der Waals surface area contributed by atoms with Crippen LogP contribution in [0.3, 0.4) is 0 Å². The third-order valence-electron chi connectivity index (χ3n) is 4.17. The SMILES string of the molecule is CC(C)C(=O)N1CC(=O)Nc2ccc(F)cc2[C@H]1c1ccc(F)cc1. The standard InChI is InChI=1S/C19H18F2N2O2/c1-11(2)19(25)23-10-17(24)22-16-8-7-14(21)9-15(16)18(23)12-3-5-13(20)6-4-12/h3-9,11,18H,10H2,1-2H3,(H,22,24)/t18-/m1/s1. The second-order valence-electron chi connectivity index (χ2n) is 6.35. The predicted octanol–water partition coefficient (Wildman–Crippen LogP) is 3.49. The summed E-state index contributed by atoms with van der Waals surface area (Å²) >= 11 is 0. The zero-order valence-corrected chi connectivity index (χ0v) is 13.9. The molecule has 0 aliphatic carbocycles. The highest BCUT2D eigenvalue weighted by atomic mass is 19.1. The van der Waals surface area contributed by atoms with E-state index in [-0.39, 0.29) is 24.3 Å². The number of anilines is 1. The van der Waals surface area contributed by atoms with Gasteiger partial charge in [-0.1, -0.05) is 26.0 Å². The van der Waals surface area contributed by atoms with Gasteiger partial charge in [0, 0.05) is 17.2 Å². The minimum atomic E-state index is -0.680. The van der Waals surface area contributed by atoms with E-state index in [9.17, 15) is 18.4 Å². The third-order valence-corrected chi connectivity index (χ3v) is 4.17. The molecule has 1 aliphatic rings. The van der Waals surface area contributed by atoms with Gasteiger partial charge in [0.1, 0.15) is 18.2 Å². The van der Waals surface area contributed by atoms with E-state index >= 15 is 0 Å². The maximum absolute atomic E-state index is 13.9. The molecule has 0 radical (unpaired) electrons. The Morgan fingerprint density at radius 2 is 1.76 bits per heavy atom. The summed E-state index contributed by atoms with van der Waals surface area (Å²) in [6.07, 6.45) is 0. The van der Waals surface area contributed by atoms with Crippen LogP contribution in [-0.2, 0) is 9.59 Å². The topological polar surface area (TPSA) is 49.4 Å². The number of amides is 2. The molecule has 2 aromatic rings. The molecule has 0 unspecified atom stereocenters. The van der Waals surface area contributed by atoms with Gasteiger partial charge in [0.2, 0.25) is 11.8 Å². The van der Waals surface area contributed by atoms with E-state index in [2.05, 4.69) is 5.32 Å². The number of nitrogens with one attached hydrogen (secondary N) is 1. The van der Waals surface area contributed by atoms with Gasteiger partial charge in [-0.05, 0) is 35.9 Å². The first-order chi connectivity index (χ1) is 11.9. The maximum Gasteiger partial charge on any atom is 0.244 e. The molecular formula is C19H18F2N2O2. The summed E-state index contributed by atoms with van der Waals surface area (Å²) in [5, 5.41) is 2.71. The van der Waals surface area contributed by atoms with Gasteiger partial charge in [-0.25, -0.2) is 8.78 Å². The average molecular weight is 344 g/mol. The largest absolute Gasteiger partial charge is 0.324 e. The second kappa shape index (κ2) is 6.63. The Kier molecular flexibility index (Phi) is 4.53. The fourth-order valence-corrected chi connectivity index (χ4v) is 3.02. The van der Waals surface area contributed by atoms with Gasteiger partial charge in [-0.2, -0.15) is 0 Å². The van der Waals surface area contributed by atoms with E-state index in [0.717, 1.165) is 0 Å². The molecule has 0 saturated heterocycles. The van der Waals surface area contributed by atoms with Crippen molar-refractivity contribution in [3.05, 3.63) is 65.2 Å². The zero-order chi connectivity index (χ0) is 18.1. The number of hydrogen-bond donors (Lipinski definition) is 1. The Morgan fingerprint density at radius 3 is 2.40 bits per heavy atom. The van der Waals surface area contributed by atoms with Crippen LogP contribution >= 0.6 is 0 Å². The van der Waals surface area contributed by atoms with Gasteiger partial charge >= 0.3 is 0 Å². The van der Waals surface area contributed by atoms with Crippen LogP contribution < -0.4 is 5.32 Å². The van der Waals surface area contributed by atoms with Crippen LogP contribution in [0.1, 0.15) is 31.0 Å². The smallest absolute Gasteiger partial charge is 0.244 e. The third kappa shape index (κ3) is 3.38. The Hall–Kier alpha value is -2.76. The van der Waals surface area contributed by atoms with Gasteiger partial charge in [0.05, 0.1) is 6.04 Å². The van der Waals surface area contributed by atoms with Crippen LogP contribution in [0.4, 0.5) is 14.5 Å². The van der Waals surface area contributed by atoms with E-state index in [1.807, 2.05) is 0 Å². The molecule has 6 heteroatoms. The lowest BCUT2D eigenvalue weighted by atomic mass is 9.95. The summed E-state index contributed by atoms with van der Waals surface area (Å²) in [6.45, 7) is 3.31. The van der Waals surface area contributed by atoms with Gasteiger partial charge in [0.25, 0.3) is 0 Å². The Balaban J connectivity index is 2.21. The first-order valence-electron chi connectivity index (χ1n) is 8.02. The van der Waals surface area contributed by atoms with Crippen molar-refractivity contribution >= 4 is 17.5 Å². The molecule has 0 bridgehead atoms. The molecule has 1 heterocycles. The fraction of sp³-hybridized carbons (Fsp3) is 0.263. The van der Waals surface area contributed by atoms with Crippen molar-refractivity contribution in [2.24, 2.45) is 5.92 Å². The highest BCUT2D eigenvalue weighted by Gasteiger charge is 2.34. The summed E-state index contributed by atoms with van der Waals surface area (Å²) in [4.78, 5) is 26.4. The van der Waals surface area contributed by atoms with Crippen molar-refractivity contribution in [2.45, 2.75) is 19.9 Å². The van der Waals surface area contributed by atoms with E-state index in [0.29, 0.717) is 16.8 Å². The summed E-state index contributed by atoms with van der Waals surface area (Å²) in [5.74, 6) is -1.81.